The van der Waals surface area contributed by atoms with Crippen LogP contribution in [0.5, 0.6) is 5.75 Å². The quantitative estimate of drug-likeness (QED) is 0.186. The number of ether oxygens (including phenoxy) is 1. The second kappa shape index (κ2) is 14.0. The topological polar surface area (TPSA) is 168 Å². The van der Waals surface area contributed by atoms with Crippen molar-refractivity contribution in [2.24, 2.45) is 5.92 Å². The van der Waals surface area contributed by atoms with Crippen molar-refractivity contribution in [3.63, 3.8) is 0 Å². The van der Waals surface area contributed by atoms with Crippen molar-refractivity contribution >= 4 is 42.2 Å². The lowest BCUT2D eigenvalue weighted by Gasteiger charge is -2.25. The van der Waals surface area contributed by atoms with Gasteiger partial charge in [0.2, 0.25) is 5.95 Å². The molecule has 0 aliphatic carbocycles. The fraction of sp³-hybridized carbons (Fsp3) is 0.481. The van der Waals surface area contributed by atoms with Gasteiger partial charge in [0.15, 0.2) is 6.17 Å². The van der Waals surface area contributed by atoms with Gasteiger partial charge < -0.3 is 20.1 Å². The molecule has 42 heavy (non-hydrogen) atoms. The number of fused-ring (bicyclic) bond motifs is 1. The van der Waals surface area contributed by atoms with Crippen LogP contribution in [0.1, 0.15) is 39.0 Å². The first-order chi connectivity index (χ1) is 20.0. The number of carbonyl (C=O) groups excluding carboxylic acids is 1. The number of nitrogens with two attached hydrogens (primary N) is 1. The van der Waals surface area contributed by atoms with Gasteiger partial charge in [0.25, 0.3) is 0 Å². The molecule has 6 atom stereocenters. The van der Waals surface area contributed by atoms with E-state index < -0.39 is 55.0 Å². The van der Waals surface area contributed by atoms with E-state index in [4.69, 9.17) is 19.5 Å². The lowest BCUT2D eigenvalue weighted by molar-refractivity contribution is -0.146. The van der Waals surface area contributed by atoms with Crippen LogP contribution in [0, 0.1) is 5.92 Å². The van der Waals surface area contributed by atoms with Crippen LogP contribution >= 0.6 is 19.5 Å². The van der Waals surface area contributed by atoms with E-state index in [9.17, 15) is 19.3 Å². The first-order valence-corrected chi connectivity index (χ1v) is 16.1. The number of anilines is 1. The standard InChI is InChI=1S/C27H35FN5O7PS/c1-4-17(5-2)13-38-25(35)16(3)32-41(37,40-20-12-8-10-18-9-6-7-11-19(18)20)39-14-21-23(34)22(28)24(42-21)33-15-30-26(29)31-27(33)36/h6-12,15-17,21-24,34H,4-5,13-14H2,1-3H3,(H,32,37)(H2,29,31,36)/t16-,21+,22?,23-,24+,41?/m0/s1. The zero-order chi connectivity index (χ0) is 30.4. The summed E-state index contributed by atoms with van der Waals surface area (Å²) in [5.74, 6) is -0.486. The van der Waals surface area contributed by atoms with Crippen molar-refractivity contribution in [1.82, 2.24) is 19.6 Å². The Kier molecular flexibility index (Phi) is 10.6. The van der Waals surface area contributed by atoms with Gasteiger partial charge in [-0.25, -0.2) is 18.7 Å². The minimum Gasteiger partial charge on any atom is -0.464 e. The van der Waals surface area contributed by atoms with E-state index in [1.165, 1.54) is 6.92 Å². The van der Waals surface area contributed by atoms with Crippen molar-refractivity contribution in [2.45, 2.75) is 62.6 Å². The van der Waals surface area contributed by atoms with Crippen molar-refractivity contribution in [1.29, 1.82) is 0 Å². The SMILES string of the molecule is CCC(CC)COC(=O)[C@H](C)NP(=O)(OC[C@H]1S[C@@H](n2cnc(N)nc2=O)C(F)[C@H]1O)Oc1cccc2ccccc12. The van der Waals surface area contributed by atoms with Crippen LogP contribution in [-0.4, -0.2) is 62.4 Å². The second-order valence-corrected chi connectivity index (χ2v) is 13.0. The van der Waals surface area contributed by atoms with Crippen LogP contribution in [0.15, 0.2) is 53.6 Å². The van der Waals surface area contributed by atoms with Crippen LogP contribution in [-0.2, 0) is 18.6 Å². The number of aliphatic hydroxyl groups excluding tert-OH is 1. The molecule has 4 N–H and O–H groups in total. The summed E-state index contributed by atoms with van der Waals surface area (Å²) in [6.45, 7) is 5.24. The number of nitrogen functional groups attached to an aromatic ring is 1. The molecular weight excluding hydrogens is 588 g/mol. The van der Waals surface area contributed by atoms with Crippen LogP contribution < -0.4 is 21.0 Å². The van der Waals surface area contributed by atoms with E-state index in [-0.39, 0.29) is 24.2 Å². The number of aliphatic hydroxyl groups is 1. The maximum absolute atomic E-state index is 15.1. The van der Waals surface area contributed by atoms with E-state index in [0.29, 0.717) is 5.39 Å². The molecule has 0 spiro atoms. The van der Waals surface area contributed by atoms with E-state index in [1.807, 2.05) is 32.0 Å². The monoisotopic (exact) mass is 623 g/mol. The molecule has 228 valence electrons. The van der Waals surface area contributed by atoms with Gasteiger partial charge in [-0.1, -0.05) is 63.1 Å². The summed E-state index contributed by atoms with van der Waals surface area (Å²) in [7, 11) is -4.33. The number of alkyl halides is 1. The molecule has 1 aromatic heterocycles. The van der Waals surface area contributed by atoms with Gasteiger partial charge in [-0.05, 0) is 24.3 Å². The van der Waals surface area contributed by atoms with E-state index in [1.54, 1.807) is 24.3 Å². The zero-order valence-electron chi connectivity index (χ0n) is 23.5. The maximum Gasteiger partial charge on any atom is 0.459 e. The fourth-order valence-electron chi connectivity index (χ4n) is 4.40. The van der Waals surface area contributed by atoms with E-state index in [0.717, 1.165) is 40.9 Å². The summed E-state index contributed by atoms with van der Waals surface area (Å²) in [6, 6.07) is 11.4. The Morgan fingerprint density at radius 3 is 2.67 bits per heavy atom. The number of hydrogen-bond acceptors (Lipinski definition) is 11. The van der Waals surface area contributed by atoms with Gasteiger partial charge in [-0.2, -0.15) is 10.1 Å². The van der Waals surface area contributed by atoms with Crippen molar-refractivity contribution in [2.75, 3.05) is 18.9 Å². The number of carbonyl (C=O) groups is 1. The van der Waals surface area contributed by atoms with Crippen molar-refractivity contribution in [3.8, 4) is 5.75 Å². The lowest BCUT2D eigenvalue weighted by Crippen LogP contribution is -2.37. The first kappa shape index (κ1) is 31.9. The Bertz CT molecular complexity index is 1490. The Morgan fingerprint density at radius 1 is 1.24 bits per heavy atom. The van der Waals surface area contributed by atoms with Crippen LogP contribution in [0.25, 0.3) is 10.8 Å². The second-order valence-electron chi connectivity index (χ2n) is 9.93. The predicted molar refractivity (Wildman–Crippen MR) is 158 cm³/mol. The molecule has 0 amide bonds. The number of benzene rings is 2. The molecule has 0 saturated carbocycles. The highest BCUT2D eigenvalue weighted by Gasteiger charge is 2.47. The molecule has 1 aliphatic rings. The normalized spacial score (nSPS) is 22.6. The first-order valence-electron chi connectivity index (χ1n) is 13.6. The van der Waals surface area contributed by atoms with E-state index >= 15 is 4.39 Å². The summed E-state index contributed by atoms with van der Waals surface area (Å²) in [6.07, 6.45) is -0.749. The highest BCUT2D eigenvalue weighted by atomic mass is 32.2. The van der Waals surface area contributed by atoms with Crippen LogP contribution in [0.2, 0.25) is 0 Å². The Balaban J connectivity index is 1.54. The van der Waals surface area contributed by atoms with Crippen LogP contribution in [0.4, 0.5) is 10.3 Å². The third kappa shape index (κ3) is 7.48. The molecule has 4 rings (SSSR count). The number of aromatic nitrogens is 3. The number of nitrogens with zero attached hydrogens (tertiary/aromatic N) is 3. The third-order valence-electron chi connectivity index (χ3n) is 7.01. The summed E-state index contributed by atoms with van der Waals surface area (Å²) in [5.41, 5.74) is 4.60. The fourth-order valence-corrected chi connectivity index (χ4v) is 7.44. The largest absolute Gasteiger partial charge is 0.464 e. The molecule has 0 radical (unpaired) electrons. The number of nitrogens with one attached hydrogen (secondary N) is 1. The molecule has 1 aliphatic heterocycles. The van der Waals surface area contributed by atoms with Gasteiger partial charge >= 0.3 is 19.4 Å². The average Bonchev–Trinajstić information content (AvgIpc) is 3.25. The summed E-state index contributed by atoms with van der Waals surface area (Å²) in [5, 5.41) is 12.6. The molecular formula is C27H35FN5O7PS. The van der Waals surface area contributed by atoms with Crippen molar-refractivity contribution in [3.05, 3.63) is 59.3 Å². The van der Waals surface area contributed by atoms with Gasteiger partial charge in [0.05, 0.1) is 18.5 Å². The minimum atomic E-state index is -4.33. The average molecular weight is 624 g/mol. The number of thioether (sulfide) groups is 1. The van der Waals surface area contributed by atoms with Crippen LogP contribution in [0.3, 0.4) is 0 Å². The summed E-state index contributed by atoms with van der Waals surface area (Å²) < 4.78 is 47.3. The molecule has 2 heterocycles. The smallest absolute Gasteiger partial charge is 0.459 e. The third-order valence-corrected chi connectivity index (χ3v) is 10.2. The van der Waals surface area contributed by atoms with Gasteiger partial charge in [0.1, 0.15) is 29.6 Å². The van der Waals surface area contributed by atoms with Crippen molar-refractivity contribution < 1.29 is 32.6 Å². The zero-order valence-corrected chi connectivity index (χ0v) is 25.2. The lowest BCUT2D eigenvalue weighted by atomic mass is 10.1. The molecule has 3 aromatic rings. The number of rotatable bonds is 13. The number of hydrogen-bond donors (Lipinski definition) is 3. The predicted octanol–water partition coefficient (Wildman–Crippen LogP) is 3.85. The molecule has 1 saturated heterocycles. The number of halogens is 1. The molecule has 2 unspecified atom stereocenters. The molecule has 2 aromatic carbocycles. The van der Waals surface area contributed by atoms with E-state index in [2.05, 4.69) is 15.1 Å². The Labute approximate surface area is 246 Å². The molecule has 1 fully saturated rings. The minimum absolute atomic E-state index is 0.192. The maximum atomic E-state index is 15.1. The summed E-state index contributed by atoms with van der Waals surface area (Å²) >= 11 is 0.887. The highest BCUT2D eigenvalue weighted by Crippen LogP contribution is 2.50. The Morgan fingerprint density at radius 2 is 1.95 bits per heavy atom. The molecule has 0 bridgehead atoms. The Hall–Kier alpha value is -3.03. The number of esters is 1. The van der Waals surface area contributed by atoms with Gasteiger partial charge in [-0.3, -0.25) is 13.9 Å². The van der Waals surface area contributed by atoms with Gasteiger partial charge in [0, 0.05) is 5.39 Å². The molecule has 12 nitrogen and oxygen atoms in total. The molecule has 15 heteroatoms. The van der Waals surface area contributed by atoms with Gasteiger partial charge in [-0.15, -0.1) is 11.8 Å². The highest BCUT2D eigenvalue weighted by molar-refractivity contribution is 8.00. The summed E-state index contributed by atoms with van der Waals surface area (Å²) in [4.78, 5) is 32.3.